The minimum absolute atomic E-state index is 0.0108. The standard InChI is InChI=1S/C21H23FN2O3S/c1-15-4-2-6-20-19(15)11-13-24(20)21(25)16-5-3-12-23(14-16)28(26,27)18-9-7-17(22)8-10-18/h2,4,6-10,16H,3,5,11-14H2,1H3. The van der Waals surface area contributed by atoms with Crippen LogP contribution in [0.25, 0.3) is 0 Å². The Labute approximate surface area is 164 Å². The molecule has 0 radical (unpaired) electrons. The first kappa shape index (κ1) is 19.1. The molecule has 0 spiro atoms. The van der Waals surface area contributed by atoms with Crippen LogP contribution in [-0.2, 0) is 21.2 Å². The molecule has 1 amide bonds. The molecule has 28 heavy (non-hydrogen) atoms. The highest BCUT2D eigenvalue weighted by atomic mass is 32.2. The molecule has 1 saturated heterocycles. The van der Waals surface area contributed by atoms with Gasteiger partial charge in [0.1, 0.15) is 5.82 Å². The van der Waals surface area contributed by atoms with E-state index in [1.807, 2.05) is 25.1 Å². The molecular weight excluding hydrogens is 379 g/mol. The lowest BCUT2D eigenvalue weighted by atomic mass is 9.98. The fourth-order valence-electron chi connectivity index (χ4n) is 4.18. The Hall–Kier alpha value is -2.25. The van der Waals surface area contributed by atoms with Crippen LogP contribution in [0.2, 0.25) is 0 Å². The van der Waals surface area contributed by atoms with Gasteiger partial charge in [-0.1, -0.05) is 12.1 Å². The highest BCUT2D eigenvalue weighted by Crippen LogP contribution is 2.33. The van der Waals surface area contributed by atoms with Crippen LogP contribution < -0.4 is 4.90 Å². The van der Waals surface area contributed by atoms with E-state index in [2.05, 4.69) is 0 Å². The van der Waals surface area contributed by atoms with Crippen molar-refractivity contribution in [1.82, 2.24) is 4.31 Å². The molecule has 4 rings (SSSR count). The molecule has 5 nitrogen and oxygen atoms in total. The third kappa shape index (κ3) is 3.33. The van der Waals surface area contributed by atoms with E-state index in [4.69, 9.17) is 0 Å². The van der Waals surface area contributed by atoms with Crippen LogP contribution in [0.5, 0.6) is 0 Å². The average molecular weight is 402 g/mol. The fraction of sp³-hybridized carbons (Fsp3) is 0.381. The fourth-order valence-corrected chi connectivity index (χ4v) is 5.70. The molecule has 1 unspecified atom stereocenters. The highest BCUT2D eigenvalue weighted by molar-refractivity contribution is 7.89. The summed E-state index contributed by atoms with van der Waals surface area (Å²) in [6.07, 6.45) is 2.13. The zero-order valence-corrected chi connectivity index (χ0v) is 16.6. The van der Waals surface area contributed by atoms with Gasteiger partial charge in [0.25, 0.3) is 0 Å². The van der Waals surface area contributed by atoms with E-state index < -0.39 is 15.8 Å². The number of rotatable bonds is 3. The maximum atomic E-state index is 13.2. The second-order valence-corrected chi connectivity index (χ2v) is 9.41. The van der Waals surface area contributed by atoms with Gasteiger partial charge in [0.2, 0.25) is 15.9 Å². The zero-order valence-electron chi connectivity index (χ0n) is 15.8. The van der Waals surface area contributed by atoms with E-state index >= 15 is 0 Å². The molecule has 0 N–H and O–H groups in total. The van der Waals surface area contributed by atoms with Crippen LogP contribution in [0.1, 0.15) is 24.0 Å². The van der Waals surface area contributed by atoms with Crippen LogP contribution in [0.15, 0.2) is 47.4 Å². The number of carbonyl (C=O) groups excluding carboxylic acids is 1. The molecule has 148 valence electrons. The number of amides is 1. The van der Waals surface area contributed by atoms with Crippen LogP contribution >= 0.6 is 0 Å². The van der Waals surface area contributed by atoms with Crippen molar-refractivity contribution < 1.29 is 17.6 Å². The van der Waals surface area contributed by atoms with Crippen molar-refractivity contribution in [1.29, 1.82) is 0 Å². The molecule has 1 atom stereocenters. The van der Waals surface area contributed by atoms with E-state index in [-0.39, 0.29) is 23.3 Å². The lowest BCUT2D eigenvalue weighted by molar-refractivity contribution is -0.123. The maximum Gasteiger partial charge on any atom is 0.243 e. The van der Waals surface area contributed by atoms with Gasteiger partial charge in [0, 0.05) is 25.3 Å². The minimum atomic E-state index is -3.74. The van der Waals surface area contributed by atoms with Crippen LogP contribution in [0, 0.1) is 18.7 Å². The van der Waals surface area contributed by atoms with E-state index in [1.165, 1.54) is 27.6 Å². The molecule has 2 aromatic carbocycles. The number of fused-ring (bicyclic) bond motifs is 1. The Morgan fingerprint density at radius 1 is 1.11 bits per heavy atom. The monoisotopic (exact) mass is 402 g/mol. The van der Waals surface area contributed by atoms with Gasteiger partial charge in [-0.25, -0.2) is 12.8 Å². The van der Waals surface area contributed by atoms with Gasteiger partial charge in [0.05, 0.1) is 10.8 Å². The smallest absolute Gasteiger partial charge is 0.243 e. The highest BCUT2D eigenvalue weighted by Gasteiger charge is 2.37. The van der Waals surface area contributed by atoms with Gasteiger partial charge in [-0.3, -0.25) is 4.79 Å². The van der Waals surface area contributed by atoms with Crippen molar-refractivity contribution >= 4 is 21.6 Å². The number of sulfonamides is 1. The van der Waals surface area contributed by atoms with Crippen molar-refractivity contribution in [3.8, 4) is 0 Å². The number of hydrogen-bond donors (Lipinski definition) is 0. The van der Waals surface area contributed by atoms with Gasteiger partial charge in [-0.05, 0) is 67.6 Å². The summed E-state index contributed by atoms with van der Waals surface area (Å²) in [6.45, 7) is 3.22. The number of aryl methyl sites for hydroxylation is 1. The molecule has 1 fully saturated rings. The first-order valence-corrected chi connectivity index (χ1v) is 11.0. The lowest BCUT2D eigenvalue weighted by Gasteiger charge is -2.33. The molecule has 0 aliphatic carbocycles. The number of anilines is 1. The van der Waals surface area contributed by atoms with Gasteiger partial charge in [0.15, 0.2) is 0 Å². The quantitative estimate of drug-likeness (QED) is 0.793. The Bertz CT molecular complexity index is 1000. The molecule has 2 aliphatic rings. The van der Waals surface area contributed by atoms with Gasteiger partial charge < -0.3 is 4.90 Å². The Morgan fingerprint density at radius 3 is 2.61 bits per heavy atom. The third-order valence-electron chi connectivity index (χ3n) is 5.71. The van der Waals surface area contributed by atoms with Crippen LogP contribution in [-0.4, -0.2) is 38.3 Å². The van der Waals surface area contributed by atoms with Gasteiger partial charge >= 0.3 is 0 Å². The number of benzene rings is 2. The normalized spacial score (nSPS) is 20.2. The van der Waals surface area contributed by atoms with Crippen molar-refractivity contribution in [2.24, 2.45) is 5.92 Å². The molecule has 2 aliphatic heterocycles. The van der Waals surface area contributed by atoms with Gasteiger partial charge in [-0.2, -0.15) is 4.31 Å². The maximum absolute atomic E-state index is 13.2. The summed E-state index contributed by atoms with van der Waals surface area (Å²) >= 11 is 0. The van der Waals surface area contributed by atoms with Crippen molar-refractivity contribution in [2.75, 3.05) is 24.5 Å². The topological polar surface area (TPSA) is 57.7 Å². The van der Waals surface area contributed by atoms with E-state index in [0.29, 0.717) is 25.9 Å². The zero-order chi connectivity index (χ0) is 19.9. The summed E-state index contributed by atoms with van der Waals surface area (Å²) in [7, 11) is -3.74. The summed E-state index contributed by atoms with van der Waals surface area (Å²) < 4.78 is 40.3. The Balaban J connectivity index is 1.54. The Morgan fingerprint density at radius 2 is 1.86 bits per heavy atom. The largest absolute Gasteiger partial charge is 0.312 e. The third-order valence-corrected chi connectivity index (χ3v) is 7.59. The first-order chi connectivity index (χ1) is 13.4. The molecule has 0 bridgehead atoms. The number of piperidine rings is 1. The Kier molecular flexibility index (Phi) is 4.97. The molecule has 0 aromatic heterocycles. The van der Waals surface area contributed by atoms with E-state index in [1.54, 1.807) is 4.90 Å². The molecule has 0 saturated carbocycles. The number of carbonyl (C=O) groups is 1. The van der Waals surface area contributed by atoms with Crippen molar-refractivity contribution in [2.45, 2.75) is 31.1 Å². The summed E-state index contributed by atoms with van der Waals surface area (Å²) in [4.78, 5) is 15.0. The second-order valence-electron chi connectivity index (χ2n) is 7.47. The van der Waals surface area contributed by atoms with Gasteiger partial charge in [-0.15, -0.1) is 0 Å². The summed E-state index contributed by atoms with van der Waals surface area (Å²) in [5.74, 6) is -0.854. The lowest BCUT2D eigenvalue weighted by Crippen LogP contribution is -2.46. The molecular formula is C21H23FN2O3S. The van der Waals surface area contributed by atoms with Crippen molar-refractivity contribution in [3.63, 3.8) is 0 Å². The number of halogens is 1. The van der Waals surface area contributed by atoms with E-state index in [0.717, 1.165) is 24.2 Å². The summed E-state index contributed by atoms with van der Waals surface area (Å²) in [5.41, 5.74) is 3.32. The second kappa shape index (κ2) is 7.29. The molecule has 2 heterocycles. The predicted molar refractivity (Wildman–Crippen MR) is 105 cm³/mol. The molecule has 7 heteroatoms. The SMILES string of the molecule is Cc1cccc2c1CCN2C(=O)C1CCCN(S(=O)(=O)c2ccc(F)cc2)C1. The first-order valence-electron chi connectivity index (χ1n) is 9.53. The van der Waals surface area contributed by atoms with Crippen molar-refractivity contribution in [3.05, 3.63) is 59.4 Å². The predicted octanol–water partition coefficient (Wildman–Crippen LogP) is 3.12. The average Bonchev–Trinajstić information content (AvgIpc) is 3.13. The summed E-state index contributed by atoms with van der Waals surface area (Å²) in [6, 6.07) is 10.8. The van der Waals surface area contributed by atoms with Crippen LogP contribution in [0.3, 0.4) is 0 Å². The minimum Gasteiger partial charge on any atom is -0.312 e. The summed E-state index contributed by atoms with van der Waals surface area (Å²) in [5, 5.41) is 0. The van der Waals surface area contributed by atoms with Crippen LogP contribution in [0.4, 0.5) is 10.1 Å². The molecule has 2 aromatic rings. The number of nitrogens with zero attached hydrogens (tertiary/aromatic N) is 2. The number of hydrogen-bond acceptors (Lipinski definition) is 3. The van der Waals surface area contributed by atoms with E-state index in [9.17, 15) is 17.6 Å².